The normalized spacial score (nSPS) is 20.8. The Morgan fingerprint density at radius 3 is 2.92 bits per heavy atom. The van der Waals surface area contributed by atoms with Gasteiger partial charge in [0.05, 0.1) is 24.0 Å². The van der Waals surface area contributed by atoms with Crippen LogP contribution in [0.5, 0.6) is 5.75 Å². The second-order valence-electron chi connectivity index (χ2n) is 6.43. The van der Waals surface area contributed by atoms with E-state index in [-0.39, 0.29) is 23.9 Å². The first kappa shape index (κ1) is 16.7. The molecule has 2 aromatic rings. The van der Waals surface area contributed by atoms with Crippen LogP contribution >= 0.6 is 11.6 Å². The molecule has 0 unspecified atom stereocenters. The Kier molecular flexibility index (Phi) is 4.20. The molecule has 0 radical (unpaired) electrons. The van der Waals surface area contributed by atoms with E-state index in [0.29, 0.717) is 29.3 Å². The third-order valence-corrected chi connectivity index (χ3v) is 5.05. The summed E-state index contributed by atoms with van der Waals surface area (Å²) in [5.41, 5.74) is 2.17. The lowest BCUT2D eigenvalue weighted by Gasteiger charge is -2.32. The van der Waals surface area contributed by atoms with Gasteiger partial charge in [-0.3, -0.25) is 9.59 Å². The molecule has 2 N–H and O–H groups in total. The minimum atomic E-state index is -0.281. The first-order chi connectivity index (χ1) is 12.6. The molecule has 7 heteroatoms. The Balaban J connectivity index is 1.54. The van der Waals surface area contributed by atoms with Crippen LogP contribution in [0.4, 0.5) is 11.4 Å². The van der Waals surface area contributed by atoms with Crippen molar-refractivity contribution in [2.45, 2.75) is 18.5 Å². The van der Waals surface area contributed by atoms with Gasteiger partial charge in [-0.25, -0.2) is 0 Å². The number of benzene rings is 2. The largest absolute Gasteiger partial charge is 0.496 e. The van der Waals surface area contributed by atoms with E-state index < -0.39 is 0 Å². The minimum absolute atomic E-state index is 0.0409. The molecular formula is C19H18ClN3O3. The Morgan fingerprint density at radius 1 is 1.31 bits per heavy atom. The molecule has 0 aromatic heterocycles. The summed E-state index contributed by atoms with van der Waals surface area (Å²) in [5, 5.41) is 6.40. The van der Waals surface area contributed by atoms with Crippen molar-refractivity contribution in [1.82, 2.24) is 5.32 Å². The number of methoxy groups -OCH3 is 1. The third kappa shape index (κ3) is 2.86. The number of carbonyl (C=O) groups is 2. The maximum atomic E-state index is 12.7. The molecule has 4 rings (SSSR count). The lowest BCUT2D eigenvalue weighted by molar-refractivity contribution is -0.117. The summed E-state index contributed by atoms with van der Waals surface area (Å²) in [4.78, 5) is 27.1. The molecule has 1 saturated heterocycles. The zero-order chi connectivity index (χ0) is 18.3. The second-order valence-corrected chi connectivity index (χ2v) is 6.86. The molecular weight excluding hydrogens is 354 g/mol. The molecule has 2 aliphatic rings. The fraction of sp³-hybridized carbons (Fsp3) is 0.263. The van der Waals surface area contributed by atoms with Crippen molar-refractivity contribution in [2.24, 2.45) is 0 Å². The van der Waals surface area contributed by atoms with Crippen molar-refractivity contribution in [2.75, 3.05) is 23.9 Å². The Morgan fingerprint density at radius 2 is 2.12 bits per heavy atom. The summed E-state index contributed by atoms with van der Waals surface area (Å²) in [7, 11) is 1.51. The standard InChI is InChI=1S/C19H18ClN3O3/c1-26-17-7-6-11(20)8-13(17)18(24)21-12-9-16-19(25)22-14-4-2-3-5-15(14)23(16)10-12/h2-8,12,16H,9-10H2,1H3,(H,21,24)(H,22,25)/t12-,16+/m1/s1. The third-order valence-electron chi connectivity index (χ3n) is 4.82. The Labute approximate surface area is 156 Å². The van der Waals surface area contributed by atoms with Crippen LogP contribution in [0.1, 0.15) is 16.8 Å². The highest BCUT2D eigenvalue weighted by Gasteiger charge is 2.41. The fourth-order valence-corrected chi connectivity index (χ4v) is 3.79. The molecule has 2 heterocycles. The molecule has 1 fully saturated rings. The number of hydrogen-bond donors (Lipinski definition) is 2. The number of hydrogen-bond acceptors (Lipinski definition) is 4. The van der Waals surface area contributed by atoms with E-state index in [1.54, 1.807) is 18.2 Å². The van der Waals surface area contributed by atoms with Gasteiger partial charge in [-0.15, -0.1) is 0 Å². The number of amides is 2. The van der Waals surface area contributed by atoms with Crippen LogP contribution in [-0.4, -0.2) is 37.6 Å². The Hall–Kier alpha value is -2.73. The van der Waals surface area contributed by atoms with Gasteiger partial charge in [0.15, 0.2) is 0 Å². The van der Waals surface area contributed by atoms with Gasteiger partial charge in [0.2, 0.25) is 5.91 Å². The predicted octanol–water partition coefficient (Wildman–Crippen LogP) is 2.68. The van der Waals surface area contributed by atoms with Crippen LogP contribution in [-0.2, 0) is 4.79 Å². The van der Waals surface area contributed by atoms with E-state index in [1.165, 1.54) is 7.11 Å². The van der Waals surface area contributed by atoms with E-state index in [9.17, 15) is 9.59 Å². The van der Waals surface area contributed by atoms with Crippen LogP contribution in [0.3, 0.4) is 0 Å². The number of para-hydroxylation sites is 2. The molecule has 0 aliphatic carbocycles. The average molecular weight is 372 g/mol. The van der Waals surface area contributed by atoms with E-state index in [2.05, 4.69) is 10.6 Å². The van der Waals surface area contributed by atoms with Crippen molar-refractivity contribution in [3.63, 3.8) is 0 Å². The highest BCUT2D eigenvalue weighted by Crippen LogP contribution is 2.36. The minimum Gasteiger partial charge on any atom is -0.496 e. The van der Waals surface area contributed by atoms with Crippen LogP contribution in [0.25, 0.3) is 0 Å². The molecule has 2 aliphatic heterocycles. The maximum Gasteiger partial charge on any atom is 0.255 e. The number of rotatable bonds is 3. The summed E-state index contributed by atoms with van der Waals surface area (Å²) in [5.74, 6) is 0.161. The van der Waals surface area contributed by atoms with Gasteiger partial charge in [0, 0.05) is 17.6 Å². The van der Waals surface area contributed by atoms with Crippen LogP contribution in [0.2, 0.25) is 5.02 Å². The molecule has 2 amide bonds. The van der Waals surface area contributed by atoms with Gasteiger partial charge < -0.3 is 20.3 Å². The molecule has 2 atom stereocenters. The average Bonchev–Trinajstić information content (AvgIpc) is 3.06. The quantitative estimate of drug-likeness (QED) is 0.870. The number of ether oxygens (including phenoxy) is 1. The number of carbonyl (C=O) groups excluding carboxylic acids is 2. The molecule has 6 nitrogen and oxygen atoms in total. The van der Waals surface area contributed by atoms with Crippen molar-refractivity contribution in [3.05, 3.63) is 53.1 Å². The summed E-state index contributed by atoms with van der Waals surface area (Å²) in [6.07, 6.45) is 0.550. The number of halogens is 1. The van der Waals surface area contributed by atoms with Crippen LogP contribution < -0.4 is 20.3 Å². The van der Waals surface area contributed by atoms with E-state index in [4.69, 9.17) is 16.3 Å². The lowest BCUT2D eigenvalue weighted by Crippen LogP contribution is -2.44. The molecule has 2 aromatic carbocycles. The van der Waals surface area contributed by atoms with Gasteiger partial charge in [0.25, 0.3) is 5.91 Å². The molecule has 0 bridgehead atoms. The van der Waals surface area contributed by atoms with E-state index in [0.717, 1.165) is 11.4 Å². The van der Waals surface area contributed by atoms with Crippen LogP contribution in [0, 0.1) is 0 Å². The Bertz CT molecular complexity index is 886. The van der Waals surface area contributed by atoms with E-state index in [1.807, 2.05) is 29.2 Å². The maximum absolute atomic E-state index is 12.7. The van der Waals surface area contributed by atoms with Crippen molar-refractivity contribution in [1.29, 1.82) is 0 Å². The number of anilines is 2. The van der Waals surface area contributed by atoms with Gasteiger partial charge in [0.1, 0.15) is 11.8 Å². The van der Waals surface area contributed by atoms with Gasteiger partial charge >= 0.3 is 0 Å². The molecule has 0 spiro atoms. The second kappa shape index (κ2) is 6.53. The summed E-state index contributed by atoms with van der Waals surface area (Å²) in [6.45, 7) is 0.573. The number of nitrogens with one attached hydrogen (secondary N) is 2. The lowest BCUT2D eigenvalue weighted by atomic mass is 10.1. The monoisotopic (exact) mass is 371 g/mol. The van der Waals surface area contributed by atoms with Crippen molar-refractivity contribution < 1.29 is 14.3 Å². The van der Waals surface area contributed by atoms with Crippen molar-refractivity contribution >= 4 is 34.8 Å². The summed E-state index contributed by atoms with van der Waals surface area (Å²) in [6, 6.07) is 12.2. The van der Waals surface area contributed by atoms with Gasteiger partial charge in [-0.1, -0.05) is 23.7 Å². The summed E-state index contributed by atoms with van der Waals surface area (Å²) < 4.78 is 5.25. The van der Waals surface area contributed by atoms with Gasteiger partial charge in [-0.05, 0) is 36.8 Å². The van der Waals surface area contributed by atoms with Crippen molar-refractivity contribution in [3.8, 4) is 5.75 Å². The molecule has 0 saturated carbocycles. The zero-order valence-electron chi connectivity index (χ0n) is 14.2. The SMILES string of the molecule is COc1ccc(Cl)cc1C(=O)N[C@@H]1C[C@H]2C(=O)Nc3ccccc3N2C1. The topological polar surface area (TPSA) is 70.7 Å². The first-order valence-electron chi connectivity index (χ1n) is 8.38. The number of nitrogens with zero attached hydrogens (tertiary/aromatic N) is 1. The zero-order valence-corrected chi connectivity index (χ0v) is 14.9. The van der Waals surface area contributed by atoms with Crippen LogP contribution in [0.15, 0.2) is 42.5 Å². The first-order valence-corrected chi connectivity index (χ1v) is 8.75. The van der Waals surface area contributed by atoms with Gasteiger partial charge in [-0.2, -0.15) is 0 Å². The smallest absolute Gasteiger partial charge is 0.255 e. The predicted molar refractivity (Wildman–Crippen MR) is 100 cm³/mol. The van der Waals surface area contributed by atoms with E-state index >= 15 is 0 Å². The highest BCUT2D eigenvalue weighted by molar-refractivity contribution is 6.31. The summed E-state index contributed by atoms with van der Waals surface area (Å²) >= 11 is 6.01. The highest BCUT2D eigenvalue weighted by atomic mass is 35.5. The molecule has 134 valence electrons. The molecule has 26 heavy (non-hydrogen) atoms. The number of fused-ring (bicyclic) bond motifs is 3. The fourth-order valence-electron chi connectivity index (χ4n) is 3.62.